The van der Waals surface area contributed by atoms with Gasteiger partial charge in [-0.25, -0.2) is 0 Å². The second kappa shape index (κ2) is 5.61. The van der Waals surface area contributed by atoms with E-state index < -0.39 is 5.54 Å². The first-order valence-corrected chi connectivity index (χ1v) is 7.50. The van der Waals surface area contributed by atoms with Gasteiger partial charge in [0.15, 0.2) is 0 Å². The van der Waals surface area contributed by atoms with E-state index in [0.717, 1.165) is 37.6 Å². The lowest BCUT2D eigenvalue weighted by atomic mass is 9.78. The predicted molar refractivity (Wildman–Crippen MR) is 81.6 cm³/mol. The van der Waals surface area contributed by atoms with Crippen LogP contribution in [0.15, 0.2) is 30.5 Å². The van der Waals surface area contributed by atoms with Crippen molar-refractivity contribution in [3.63, 3.8) is 0 Å². The van der Waals surface area contributed by atoms with Crippen LogP contribution in [-0.2, 0) is 11.2 Å². The fraction of sp³-hybridized carbons (Fsp3) is 0.412. The monoisotopic (exact) mass is 281 g/mol. The first-order chi connectivity index (χ1) is 10.2. The highest BCUT2D eigenvalue weighted by Gasteiger charge is 2.38. The number of benzene rings is 1. The predicted octanol–water partition coefficient (Wildman–Crippen LogP) is 3.05. The van der Waals surface area contributed by atoms with Gasteiger partial charge < -0.3 is 10.3 Å². The third kappa shape index (κ3) is 2.78. The van der Waals surface area contributed by atoms with Crippen LogP contribution >= 0.6 is 0 Å². The molecule has 4 nitrogen and oxygen atoms in total. The number of aromatic nitrogens is 1. The summed E-state index contributed by atoms with van der Waals surface area (Å²) in [4.78, 5) is 15.2. The average molecular weight is 281 g/mol. The van der Waals surface area contributed by atoms with Crippen LogP contribution in [0, 0.1) is 11.3 Å². The number of aryl methyl sites for hydroxylation is 1. The van der Waals surface area contributed by atoms with Crippen LogP contribution in [0.2, 0.25) is 0 Å². The molecular weight excluding hydrogens is 262 g/mol. The van der Waals surface area contributed by atoms with Gasteiger partial charge in [-0.1, -0.05) is 18.2 Å². The van der Waals surface area contributed by atoms with Gasteiger partial charge in [0.2, 0.25) is 5.91 Å². The molecule has 2 N–H and O–H groups in total. The summed E-state index contributed by atoms with van der Waals surface area (Å²) in [7, 11) is 0. The van der Waals surface area contributed by atoms with E-state index in [1.165, 1.54) is 10.9 Å². The summed E-state index contributed by atoms with van der Waals surface area (Å²) >= 11 is 0. The standard InChI is InChI=1S/C17H19N3O/c18-12-17(9-4-10-17)20-16(21)8-3-5-13-11-19-15-7-2-1-6-14(13)15/h1-2,6-7,11,19H,3-5,8-10H2,(H,20,21). The van der Waals surface area contributed by atoms with Crippen LogP contribution in [0.3, 0.4) is 0 Å². The fourth-order valence-electron chi connectivity index (χ4n) is 2.90. The maximum absolute atomic E-state index is 11.9. The van der Waals surface area contributed by atoms with Crippen LogP contribution in [-0.4, -0.2) is 16.4 Å². The number of carbonyl (C=O) groups excluding carboxylic acids is 1. The molecule has 1 aromatic heterocycles. The van der Waals surface area contributed by atoms with Gasteiger partial charge >= 0.3 is 0 Å². The Hall–Kier alpha value is -2.28. The van der Waals surface area contributed by atoms with Crippen molar-refractivity contribution < 1.29 is 4.79 Å². The number of para-hydroxylation sites is 1. The van der Waals surface area contributed by atoms with Gasteiger partial charge in [0.1, 0.15) is 5.54 Å². The minimum Gasteiger partial charge on any atom is -0.361 e. The molecule has 1 heterocycles. The Balaban J connectivity index is 1.52. The normalized spacial score (nSPS) is 16.1. The Labute approximate surface area is 124 Å². The second-order valence-corrected chi connectivity index (χ2v) is 5.81. The van der Waals surface area contributed by atoms with E-state index in [9.17, 15) is 4.79 Å². The van der Waals surface area contributed by atoms with Crippen molar-refractivity contribution in [2.75, 3.05) is 0 Å². The van der Waals surface area contributed by atoms with Crippen molar-refractivity contribution in [1.29, 1.82) is 5.26 Å². The van der Waals surface area contributed by atoms with Gasteiger partial charge in [-0.3, -0.25) is 4.79 Å². The van der Waals surface area contributed by atoms with Gasteiger partial charge in [-0.05, 0) is 43.7 Å². The maximum atomic E-state index is 11.9. The van der Waals surface area contributed by atoms with Crippen LogP contribution in [0.25, 0.3) is 10.9 Å². The van der Waals surface area contributed by atoms with E-state index in [1.807, 2.05) is 18.3 Å². The summed E-state index contributed by atoms with van der Waals surface area (Å²) in [6.45, 7) is 0. The molecule has 1 saturated carbocycles. The summed E-state index contributed by atoms with van der Waals surface area (Å²) < 4.78 is 0. The van der Waals surface area contributed by atoms with Crippen LogP contribution in [0.5, 0.6) is 0 Å². The lowest BCUT2D eigenvalue weighted by molar-refractivity contribution is -0.123. The molecule has 0 atom stereocenters. The fourth-order valence-corrected chi connectivity index (χ4v) is 2.90. The average Bonchev–Trinajstić information content (AvgIpc) is 2.86. The van der Waals surface area contributed by atoms with Gasteiger partial charge in [0.25, 0.3) is 0 Å². The molecule has 1 fully saturated rings. The molecule has 1 amide bonds. The Morgan fingerprint density at radius 1 is 1.38 bits per heavy atom. The van der Waals surface area contributed by atoms with Gasteiger partial charge in [0, 0.05) is 23.5 Å². The number of hydrogen-bond acceptors (Lipinski definition) is 2. The molecule has 4 heteroatoms. The number of hydrogen-bond donors (Lipinski definition) is 2. The number of nitriles is 1. The first kappa shape index (κ1) is 13.7. The molecule has 0 bridgehead atoms. The quantitative estimate of drug-likeness (QED) is 0.884. The Kier molecular flexibility index (Phi) is 3.66. The lowest BCUT2D eigenvalue weighted by Gasteiger charge is -2.35. The van der Waals surface area contributed by atoms with E-state index >= 15 is 0 Å². The maximum Gasteiger partial charge on any atom is 0.221 e. The van der Waals surface area contributed by atoms with Crippen molar-refractivity contribution in [2.24, 2.45) is 0 Å². The summed E-state index contributed by atoms with van der Waals surface area (Å²) in [5, 5.41) is 13.2. The number of amides is 1. The van der Waals surface area contributed by atoms with E-state index in [1.54, 1.807) is 0 Å². The zero-order valence-corrected chi connectivity index (χ0v) is 12.0. The molecule has 2 aromatic rings. The van der Waals surface area contributed by atoms with Gasteiger partial charge in [-0.15, -0.1) is 0 Å². The molecular formula is C17H19N3O. The Bertz CT molecular complexity index is 691. The molecule has 1 aliphatic carbocycles. The van der Waals surface area contributed by atoms with Crippen molar-refractivity contribution in [3.8, 4) is 6.07 Å². The molecule has 21 heavy (non-hydrogen) atoms. The first-order valence-electron chi connectivity index (χ1n) is 7.50. The highest BCUT2D eigenvalue weighted by Crippen LogP contribution is 2.31. The molecule has 0 aliphatic heterocycles. The largest absolute Gasteiger partial charge is 0.361 e. The van der Waals surface area contributed by atoms with Crippen molar-refractivity contribution in [3.05, 3.63) is 36.0 Å². The van der Waals surface area contributed by atoms with E-state index in [4.69, 9.17) is 5.26 Å². The minimum atomic E-state index is -0.572. The number of nitrogens with one attached hydrogen (secondary N) is 2. The smallest absolute Gasteiger partial charge is 0.221 e. The summed E-state index contributed by atoms with van der Waals surface area (Å²) in [6.07, 6.45) is 6.78. The van der Waals surface area contributed by atoms with E-state index in [2.05, 4.69) is 28.5 Å². The number of aromatic amines is 1. The number of H-pyrrole nitrogens is 1. The molecule has 0 saturated heterocycles. The van der Waals surface area contributed by atoms with Crippen molar-refractivity contribution in [1.82, 2.24) is 10.3 Å². The Morgan fingerprint density at radius 3 is 2.90 bits per heavy atom. The molecule has 1 aliphatic rings. The minimum absolute atomic E-state index is 0.00362. The van der Waals surface area contributed by atoms with Gasteiger partial charge in [-0.2, -0.15) is 5.26 Å². The molecule has 0 radical (unpaired) electrons. The lowest BCUT2D eigenvalue weighted by Crippen LogP contribution is -2.52. The zero-order chi connectivity index (χ0) is 14.7. The zero-order valence-electron chi connectivity index (χ0n) is 12.0. The third-order valence-electron chi connectivity index (χ3n) is 4.32. The van der Waals surface area contributed by atoms with Crippen LogP contribution in [0.1, 0.15) is 37.7 Å². The SMILES string of the molecule is N#CC1(NC(=O)CCCc2c[nH]c3ccccc23)CCC1. The second-order valence-electron chi connectivity index (χ2n) is 5.81. The number of fused-ring (bicyclic) bond motifs is 1. The highest BCUT2D eigenvalue weighted by atomic mass is 16.1. The van der Waals surface area contributed by atoms with Gasteiger partial charge in [0.05, 0.1) is 6.07 Å². The summed E-state index contributed by atoms with van der Waals surface area (Å²) in [5.74, 6) is -0.00362. The van der Waals surface area contributed by atoms with Crippen LogP contribution in [0.4, 0.5) is 0 Å². The molecule has 3 rings (SSSR count). The summed E-state index contributed by atoms with van der Waals surface area (Å²) in [5.41, 5.74) is 1.81. The van der Waals surface area contributed by atoms with E-state index in [0.29, 0.717) is 6.42 Å². The highest BCUT2D eigenvalue weighted by molar-refractivity contribution is 5.83. The molecule has 108 valence electrons. The van der Waals surface area contributed by atoms with Crippen molar-refractivity contribution >= 4 is 16.8 Å². The third-order valence-corrected chi connectivity index (χ3v) is 4.32. The Morgan fingerprint density at radius 2 is 2.19 bits per heavy atom. The van der Waals surface area contributed by atoms with E-state index in [-0.39, 0.29) is 5.91 Å². The summed E-state index contributed by atoms with van der Waals surface area (Å²) in [6, 6.07) is 10.4. The molecule has 0 spiro atoms. The number of nitrogens with zero attached hydrogens (tertiary/aromatic N) is 1. The molecule has 1 aromatic carbocycles. The molecule has 0 unspecified atom stereocenters. The topological polar surface area (TPSA) is 68.7 Å². The van der Waals surface area contributed by atoms with Crippen molar-refractivity contribution in [2.45, 2.75) is 44.1 Å². The number of carbonyl (C=O) groups is 1. The van der Waals surface area contributed by atoms with Crippen LogP contribution < -0.4 is 5.32 Å². The number of rotatable bonds is 5.